The molecule has 1 aromatic rings. The van der Waals surface area contributed by atoms with Gasteiger partial charge in [0.15, 0.2) is 0 Å². The molecule has 0 amide bonds. The van der Waals surface area contributed by atoms with Gasteiger partial charge in [-0.1, -0.05) is 6.92 Å². The Balaban J connectivity index is 2.10. The molecule has 0 saturated carbocycles. The highest BCUT2D eigenvalue weighted by molar-refractivity contribution is 5.69. The first-order chi connectivity index (χ1) is 8.20. The van der Waals surface area contributed by atoms with Crippen molar-refractivity contribution in [2.45, 2.75) is 32.2 Å². The van der Waals surface area contributed by atoms with E-state index in [-0.39, 0.29) is 6.42 Å². The van der Waals surface area contributed by atoms with Crippen LogP contribution in [-0.4, -0.2) is 45.4 Å². The zero-order valence-electron chi connectivity index (χ0n) is 10.2. The summed E-state index contributed by atoms with van der Waals surface area (Å²) in [5, 5.41) is 13.1. The summed E-state index contributed by atoms with van der Waals surface area (Å²) in [7, 11) is 0. The van der Waals surface area contributed by atoms with Gasteiger partial charge in [0, 0.05) is 18.4 Å². The highest BCUT2D eigenvalue weighted by Crippen LogP contribution is 2.22. The number of aliphatic carboxylic acids is 1. The van der Waals surface area contributed by atoms with Crippen molar-refractivity contribution in [2.75, 3.05) is 19.6 Å². The molecular weight excluding hydrogens is 218 g/mol. The summed E-state index contributed by atoms with van der Waals surface area (Å²) < 4.78 is 1.90. The SMILES string of the molecule is CCN1CCCC(n2nccc2CC(=O)O)C1. The molecule has 1 fully saturated rings. The van der Waals surface area contributed by atoms with Gasteiger partial charge in [0.1, 0.15) is 0 Å². The van der Waals surface area contributed by atoms with Crippen molar-refractivity contribution in [3.63, 3.8) is 0 Å². The van der Waals surface area contributed by atoms with E-state index in [2.05, 4.69) is 16.9 Å². The molecule has 0 aliphatic carbocycles. The highest BCUT2D eigenvalue weighted by Gasteiger charge is 2.22. The van der Waals surface area contributed by atoms with Gasteiger partial charge in [-0.25, -0.2) is 0 Å². The fraction of sp³-hybridized carbons (Fsp3) is 0.667. The van der Waals surface area contributed by atoms with Gasteiger partial charge in [0.2, 0.25) is 0 Å². The van der Waals surface area contributed by atoms with Crippen molar-refractivity contribution in [3.05, 3.63) is 18.0 Å². The molecule has 1 N–H and O–H groups in total. The van der Waals surface area contributed by atoms with Gasteiger partial charge >= 0.3 is 5.97 Å². The molecule has 2 heterocycles. The van der Waals surface area contributed by atoms with Crippen molar-refractivity contribution >= 4 is 5.97 Å². The van der Waals surface area contributed by atoms with E-state index in [4.69, 9.17) is 5.11 Å². The zero-order valence-corrected chi connectivity index (χ0v) is 10.2. The van der Waals surface area contributed by atoms with Crippen LogP contribution in [0.2, 0.25) is 0 Å². The predicted octanol–water partition coefficient (Wildman–Crippen LogP) is 1.17. The molecule has 1 aliphatic rings. The smallest absolute Gasteiger partial charge is 0.309 e. The van der Waals surface area contributed by atoms with Crippen molar-refractivity contribution in [2.24, 2.45) is 0 Å². The molecule has 1 atom stereocenters. The van der Waals surface area contributed by atoms with E-state index in [1.165, 1.54) is 0 Å². The molecule has 2 rings (SSSR count). The molecule has 5 nitrogen and oxygen atoms in total. The van der Waals surface area contributed by atoms with Gasteiger partial charge in [-0.3, -0.25) is 9.48 Å². The van der Waals surface area contributed by atoms with Gasteiger partial charge < -0.3 is 10.0 Å². The van der Waals surface area contributed by atoms with Crippen molar-refractivity contribution in [1.82, 2.24) is 14.7 Å². The van der Waals surface area contributed by atoms with Gasteiger partial charge in [-0.05, 0) is 32.0 Å². The summed E-state index contributed by atoms with van der Waals surface area (Å²) in [6.45, 7) is 5.32. The lowest BCUT2D eigenvalue weighted by Crippen LogP contribution is -2.37. The van der Waals surface area contributed by atoms with Crippen LogP contribution in [0.1, 0.15) is 31.5 Å². The average Bonchev–Trinajstić information content (AvgIpc) is 2.76. The number of likely N-dealkylation sites (tertiary alicyclic amines) is 1. The van der Waals surface area contributed by atoms with Gasteiger partial charge in [0.25, 0.3) is 0 Å². The van der Waals surface area contributed by atoms with Crippen LogP contribution in [0.3, 0.4) is 0 Å². The Bertz CT molecular complexity index is 389. The maximum atomic E-state index is 10.8. The third kappa shape index (κ3) is 2.85. The minimum Gasteiger partial charge on any atom is -0.481 e. The van der Waals surface area contributed by atoms with Crippen LogP contribution in [-0.2, 0) is 11.2 Å². The molecular formula is C12H19N3O2. The Hall–Kier alpha value is -1.36. The largest absolute Gasteiger partial charge is 0.481 e. The number of hydrogen-bond donors (Lipinski definition) is 1. The second-order valence-electron chi connectivity index (χ2n) is 4.53. The van der Waals surface area contributed by atoms with Crippen LogP contribution in [0.4, 0.5) is 0 Å². The number of aromatic nitrogens is 2. The van der Waals surface area contributed by atoms with Crippen LogP contribution < -0.4 is 0 Å². The van der Waals surface area contributed by atoms with Gasteiger partial charge in [-0.2, -0.15) is 5.10 Å². The fourth-order valence-electron chi connectivity index (χ4n) is 2.48. The number of carbonyl (C=O) groups is 1. The summed E-state index contributed by atoms with van der Waals surface area (Å²) in [6.07, 6.45) is 4.00. The quantitative estimate of drug-likeness (QED) is 0.854. The van der Waals surface area contributed by atoms with E-state index in [1.54, 1.807) is 12.3 Å². The van der Waals surface area contributed by atoms with E-state index >= 15 is 0 Å². The number of piperidine rings is 1. The standard InChI is InChI=1S/C12H19N3O2/c1-2-14-7-3-4-11(9-14)15-10(5-6-13-15)8-12(16)17/h5-6,11H,2-4,7-9H2,1H3,(H,16,17). The monoisotopic (exact) mass is 237 g/mol. The number of nitrogens with zero attached hydrogens (tertiary/aromatic N) is 3. The Morgan fingerprint density at radius 3 is 3.18 bits per heavy atom. The maximum Gasteiger partial charge on any atom is 0.309 e. The first kappa shape index (κ1) is 12.1. The summed E-state index contributed by atoms with van der Waals surface area (Å²) in [5.74, 6) is -0.796. The third-order valence-electron chi connectivity index (χ3n) is 3.36. The van der Waals surface area contributed by atoms with Crippen molar-refractivity contribution < 1.29 is 9.90 Å². The summed E-state index contributed by atoms with van der Waals surface area (Å²) in [6, 6.07) is 2.13. The number of carboxylic acids is 1. The zero-order chi connectivity index (χ0) is 12.3. The van der Waals surface area contributed by atoms with Crippen LogP contribution in [0.5, 0.6) is 0 Å². The Morgan fingerprint density at radius 1 is 1.65 bits per heavy atom. The number of likely N-dealkylation sites (N-methyl/N-ethyl adjacent to an activating group) is 1. The number of hydrogen-bond acceptors (Lipinski definition) is 3. The molecule has 0 aromatic carbocycles. The van der Waals surface area contributed by atoms with E-state index in [0.717, 1.165) is 38.2 Å². The minimum atomic E-state index is -0.796. The van der Waals surface area contributed by atoms with Crippen LogP contribution >= 0.6 is 0 Å². The lowest BCUT2D eigenvalue weighted by Gasteiger charge is -2.32. The van der Waals surface area contributed by atoms with Crippen molar-refractivity contribution in [1.29, 1.82) is 0 Å². The summed E-state index contributed by atoms with van der Waals surface area (Å²) in [4.78, 5) is 13.2. The maximum absolute atomic E-state index is 10.8. The third-order valence-corrected chi connectivity index (χ3v) is 3.36. The lowest BCUT2D eigenvalue weighted by molar-refractivity contribution is -0.136. The predicted molar refractivity (Wildman–Crippen MR) is 64.0 cm³/mol. The number of rotatable bonds is 4. The topological polar surface area (TPSA) is 58.4 Å². The van der Waals surface area contributed by atoms with Crippen molar-refractivity contribution in [3.8, 4) is 0 Å². The number of carboxylic acid groups (broad SMARTS) is 1. The summed E-state index contributed by atoms with van der Waals surface area (Å²) >= 11 is 0. The molecule has 17 heavy (non-hydrogen) atoms. The summed E-state index contributed by atoms with van der Waals surface area (Å²) in [5.41, 5.74) is 0.806. The second-order valence-corrected chi connectivity index (χ2v) is 4.53. The average molecular weight is 237 g/mol. The molecule has 1 aromatic heterocycles. The van der Waals surface area contributed by atoms with Crippen LogP contribution in [0, 0.1) is 0 Å². The van der Waals surface area contributed by atoms with Crippen LogP contribution in [0.25, 0.3) is 0 Å². The molecule has 5 heteroatoms. The Kier molecular flexibility index (Phi) is 3.78. The molecule has 94 valence electrons. The van der Waals surface area contributed by atoms with Gasteiger partial charge in [0.05, 0.1) is 12.5 Å². The molecule has 0 spiro atoms. The normalized spacial score (nSPS) is 21.6. The van der Waals surface area contributed by atoms with Gasteiger partial charge in [-0.15, -0.1) is 0 Å². The lowest BCUT2D eigenvalue weighted by atomic mass is 10.1. The van der Waals surface area contributed by atoms with E-state index in [9.17, 15) is 4.79 Å². The minimum absolute atomic E-state index is 0.0582. The first-order valence-corrected chi connectivity index (χ1v) is 6.17. The first-order valence-electron chi connectivity index (χ1n) is 6.17. The fourth-order valence-corrected chi connectivity index (χ4v) is 2.48. The highest BCUT2D eigenvalue weighted by atomic mass is 16.4. The van der Waals surface area contributed by atoms with E-state index < -0.39 is 5.97 Å². The Morgan fingerprint density at radius 2 is 2.47 bits per heavy atom. The van der Waals surface area contributed by atoms with E-state index in [1.807, 2.05) is 4.68 Å². The van der Waals surface area contributed by atoms with E-state index in [0.29, 0.717) is 6.04 Å². The second kappa shape index (κ2) is 5.31. The molecule has 1 unspecified atom stereocenters. The van der Waals surface area contributed by atoms with Crippen LogP contribution in [0.15, 0.2) is 12.3 Å². The molecule has 1 aliphatic heterocycles. The molecule has 0 radical (unpaired) electrons. The molecule has 1 saturated heterocycles. The molecule has 0 bridgehead atoms. The Labute approximate surface area is 101 Å².